The lowest BCUT2D eigenvalue weighted by Crippen LogP contribution is -2.58. The summed E-state index contributed by atoms with van der Waals surface area (Å²) in [5.74, 6) is 0. The molecule has 1 rings (SSSR count). The summed E-state index contributed by atoms with van der Waals surface area (Å²) in [6.07, 6.45) is -7.94. The molecule has 96 valence electrons. The Labute approximate surface area is 95.9 Å². The van der Waals surface area contributed by atoms with Crippen molar-refractivity contribution < 1.29 is 39.5 Å². The van der Waals surface area contributed by atoms with Gasteiger partial charge in [0.1, 0.15) is 24.4 Å². The van der Waals surface area contributed by atoms with E-state index in [1.54, 1.807) is 0 Å². The van der Waals surface area contributed by atoms with Gasteiger partial charge in [-0.05, 0) is 0 Å². The minimum Gasteiger partial charge on any atom is -0.812 e. The molecule has 10 heteroatoms. The maximum absolute atomic E-state index is 10.5. The van der Waals surface area contributed by atoms with Crippen molar-refractivity contribution in [3.05, 3.63) is 0 Å². The second-order valence-corrected chi connectivity index (χ2v) is 5.77. The first-order valence-corrected chi connectivity index (χ1v) is 6.82. The lowest BCUT2D eigenvalue weighted by atomic mass is 10.00. The van der Waals surface area contributed by atoms with Crippen LogP contribution in [-0.4, -0.2) is 57.7 Å². The molecule has 0 unspecified atom stereocenters. The van der Waals surface area contributed by atoms with E-state index in [-0.39, 0.29) is 0 Å². The van der Waals surface area contributed by atoms with E-state index in [1.807, 2.05) is 0 Å². The van der Waals surface area contributed by atoms with Crippen molar-refractivity contribution in [2.45, 2.75) is 30.7 Å². The molecule has 1 saturated heterocycles. The van der Waals surface area contributed by atoms with E-state index in [1.165, 1.54) is 0 Å². The third kappa shape index (κ3) is 3.67. The van der Waals surface area contributed by atoms with Gasteiger partial charge in [0.25, 0.3) is 0 Å². The van der Waals surface area contributed by atoms with Gasteiger partial charge in [-0.25, -0.2) is 0 Å². The van der Waals surface area contributed by atoms with Crippen LogP contribution in [0.1, 0.15) is 0 Å². The molecule has 4 N–H and O–H groups in total. The van der Waals surface area contributed by atoms with Gasteiger partial charge in [-0.15, -0.1) is 11.8 Å². The molecule has 1 fully saturated rings. The lowest BCUT2D eigenvalue weighted by molar-refractivity contribution is -0.328. The first-order valence-electron chi connectivity index (χ1n) is 4.26. The summed E-state index contributed by atoms with van der Waals surface area (Å²) in [5.41, 5.74) is 0. The van der Waals surface area contributed by atoms with Crippen LogP contribution in [0.4, 0.5) is 0 Å². The average Bonchev–Trinajstić information content (AvgIpc) is 2.17. The normalized spacial score (nSPS) is 41.0. The maximum atomic E-state index is 10.5. The zero-order chi connectivity index (χ0) is 12.5. The predicted octanol–water partition coefficient (Wildman–Crippen LogP) is -4.25. The minimum absolute atomic E-state index is 0.647. The van der Waals surface area contributed by atoms with Crippen molar-refractivity contribution in [1.29, 1.82) is 0 Å². The lowest BCUT2D eigenvalue weighted by Gasteiger charge is -2.41. The Bertz CT molecular complexity index is 282. The first kappa shape index (κ1) is 14.4. The van der Waals surface area contributed by atoms with Crippen LogP contribution in [0.3, 0.4) is 0 Å². The Morgan fingerprint density at radius 1 is 1.12 bits per heavy atom. The molecular weight excluding hydrogens is 263 g/mol. The molecular formula is C6H11O8PS-2. The summed E-state index contributed by atoms with van der Waals surface area (Å²) in [5, 5.41) is 36.8. The molecule has 1 heterocycles. The fourth-order valence-electron chi connectivity index (χ4n) is 1.23. The van der Waals surface area contributed by atoms with Gasteiger partial charge in [0, 0.05) is 0 Å². The fraction of sp³-hybridized carbons (Fsp3) is 1.00. The molecule has 0 radical (unpaired) electrons. The number of hydrogen-bond acceptors (Lipinski definition) is 9. The SMILES string of the molecule is [O-]P([O-])(=S)OC[C@H]1O[C@H](O)[C@H](O)[C@@H](O)[C@@H]1O. The monoisotopic (exact) mass is 274 g/mol. The van der Waals surface area contributed by atoms with E-state index in [9.17, 15) is 20.0 Å². The van der Waals surface area contributed by atoms with Gasteiger partial charge in [0.2, 0.25) is 0 Å². The highest BCUT2D eigenvalue weighted by molar-refractivity contribution is 8.05. The molecule has 16 heavy (non-hydrogen) atoms. The predicted molar refractivity (Wildman–Crippen MR) is 49.1 cm³/mol. The molecule has 0 aliphatic carbocycles. The quantitative estimate of drug-likeness (QED) is 0.376. The van der Waals surface area contributed by atoms with Gasteiger partial charge < -0.3 is 39.5 Å². The summed E-state index contributed by atoms with van der Waals surface area (Å²) >= 11 is 3.94. The summed E-state index contributed by atoms with van der Waals surface area (Å²) in [6, 6.07) is 0. The molecule has 0 aromatic rings. The van der Waals surface area contributed by atoms with Crippen LogP contribution >= 0.6 is 6.72 Å². The first-order chi connectivity index (χ1) is 7.22. The number of aliphatic hydroxyl groups excluding tert-OH is 4. The van der Waals surface area contributed by atoms with Gasteiger partial charge in [-0.2, -0.15) is 0 Å². The van der Waals surface area contributed by atoms with Crippen molar-refractivity contribution in [3.63, 3.8) is 0 Å². The van der Waals surface area contributed by atoms with Crippen molar-refractivity contribution in [3.8, 4) is 0 Å². The fourth-order valence-corrected chi connectivity index (χ4v) is 1.75. The summed E-state index contributed by atoms with van der Waals surface area (Å²) in [6.45, 7) is -5.04. The third-order valence-corrected chi connectivity index (χ3v) is 2.87. The maximum Gasteiger partial charge on any atom is 0.184 e. The Balaban J connectivity index is 2.57. The van der Waals surface area contributed by atoms with Crippen molar-refractivity contribution in [1.82, 2.24) is 0 Å². The third-order valence-electron chi connectivity index (χ3n) is 2.08. The number of aliphatic hydroxyl groups is 4. The topological polar surface area (TPSA) is 146 Å². The molecule has 0 aromatic heterocycles. The van der Waals surface area contributed by atoms with Crippen LogP contribution in [0.2, 0.25) is 0 Å². The molecule has 0 bridgehead atoms. The molecule has 5 atom stereocenters. The van der Waals surface area contributed by atoms with Crippen molar-refractivity contribution in [2.75, 3.05) is 6.61 Å². The number of rotatable bonds is 3. The molecule has 0 spiro atoms. The van der Waals surface area contributed by atoms with E-state index in [0.717, 1.165) is 0 Å². The standard InChI is InChI=1S/C6H13O8PS/c7-3-2(1-13-15(11,12)16)14-6(10)5(9)4(3)8/h2-10H,1H2,(H2,11,12,16)/p-2/t2-,3-,4+,5-,6+/m1/s1. The molecule has 0 saturated carbocycles. The molecule has 1 aliphatic heterocycles. The number of hydrogen-bond donors (Lipinski definition) is 4. The molecule has 8 nitrogen and oxygen atoms in total. The van der Waals surface area contributed by atoms with E-state index < -0.39 is 44.0 Å². The minimum atomic E-state index is -4.40. The Morgan fingerprint density at radius 2 is 1.69 bits per heavy atom. The second kappa shape index (κ2) is 5.32. The van der Waals surface area contributed by atoms with Crippen LogP contribution in [0, 0.1) is 0 Å². The van der Waals surface area contributed by atoms with Gasteiger partial charge in [-0.3, -0.25) is 0 Å². The smallest absolute Gasteiger partial charge is 0.184 e. The Hall–Kier alpha value is 0.330. The van der Waals surface area contributed by atoms with Crippen LogP contribution in [0.15, 0.2) is 0 Å². The highest BCUT2D eigenvalue weighted by Gasteiger charge is 2.42. The molecule has 0 aromatic carbocycles. The number of ether oxygens (including phenoxy) is 1. The van der Waals surface area contributed by atoms with Gasteiger partial charge in [0.15, 0.2) is 6.29 Å². The van der Waals surface area contributed by atoms with E-state index in [2.05, 4.69) is 21.1 Å². The summed E-state index contributed by atoms with van der Waals surface area (Å²) < 4.78 is 8.84. The highest BCUT2D eigenvalue weighted by Crippen LogP contribution is 2.28. The molecule has 0 amide bonds. The van der Waals surface area contributed by atoms with Crippen LogP contribution in [0.5, 0.6) is 0 Å². The highest BCUT2D eigenvalue weighted by atomic mass is 32.5. The van der Waals surface area contributed by atoms with Crippen LogP contribution in [0.25, 0.3) is 0 Å². The van der Waals surface area contributed by atoms with Crippen LogP contribution < -0.4 is 9.79 Å². The zero-order valence-corrected chi connectivity index (χ0v) is 9.58. The van der Waals surface area contributed by atoms with E-state index in [4.69, 9.17) is 10.2 Å². The zero-order valence-electron chi connectivity index (χ0n) is 7.87. The Morgan fingerprint density at radius 3 is 2.19 bits per heavy atom. The van der Waals surface area contributed by atoms with E-state index >= 15 is 0 Å². The second-order valence-electron chi connectivity index (χ2n) is 3.28. The van der Waals surface area contributed by atoms with Crippen molar-refractivity contribution in [2.24, 2.45) is 0 Å². The van der Waals surface area contributed by atoms with Crippen molar-refractivity contribution >= 4 is 18.5 Å². The summed E-state index contributed by atoms with van der Waals surface area (Å²) in [4.78, 5) is 21.0. The summed E-state index contributed by atoms with van der Waals surface area (Å²) in [7, 11) is 0. The molecule has 1 aliphatic rings. The van der Waals surface area contributed by atoms with E-state index in [0.29, 0.717) is 0 Å². The van der Waals surface area contributed by atoms with Gasteiger partial charge in [-0.1, -0.05) is 6.72 Å². The van der Waals surface area contributed by atoms with Gasteiger partial charge >= 0.3 is 0 Å². The van der Waals surface area contributed by atoms with Gasteiger partial charge in [0.05, 0.1) is 6.61 Å². The average molecular weight is 274 g/mol. The van der Waals surface area contributed by atoms with Crippen LogP contribution in [-0.2, 0) is 21.1 Å². The Kier molecular flexibility index (Phi) is 4.78. The largest absolute Gasteiger partial charge is 0.812 e.